The molecule has 0 spiro atoms. The summed E-state index contributed by atoms with van der Waals surface area (Å²) in [6, 6.07) is 0. The van der Waals surface area contributed by atoms with Gasteiger partial charge in [0.15, 0.2) is 0 Å². The molecule has 0 saturated carbocycles. The lowest BCUT2D eigenvalue weighted by Crippen LogP contribution is -2.54. The van der Waals surface area contributed by atoms with Crippen molar-refractivity contribution in [1.29, 1.82) is 0 Å². The molecule has 2 saturated heterocycles. The number of nitrogens with one attached hydrogen (secondary N) is 1. The zero-order valence-electron chi connectivity index (χ0n) is 15.6. The summed E-state index contributed by atoms with van der Waals surface area (Å²) in [5, 5.41) is 3.45. The fourth-order valence-electron chi connectivity index (χ4n) is 3.77. The SMILES string of the molecule is CN1CCN(C(C)(C)CCC(C)(C)CN2CCNCC2)CC1. The van der Waals surface area contributed by atoms with E-state index in [9.17, 15) is 0 Å². The third-order valence-electron chi connectivity index (χ3n) is 5.63. The van der Waals surface area contributed by atoms with Crippen LogP contribution in [0.15, 0.2) is 0 Å². The van der Waals surface area contributed by atoms with Gasteiger partial charge < -0.3 is 15.1 Å². The van der Waals surface area contributed by atoms with E-state index in [1.165, 1.54) is 58.7 Å². The molecule has 4 heteroatoms. The second-order valence-electron chi connectivity index (χ2n) is 8.79. The maximum Gasteiger partial charge on any atom is 0.0154 e. The normalized spacial score (nSPS) is 23.9. The Morgan fingerprint density at radius 2 is 1.41 bits per heavy atom. The largest absolute Gasteiger partial charge is 0.314 e. The molecule has 0 aromatic carbocycles. The zero-order valence-corrected chi connectivity index (χ0v) is 15.6. The summed E-state index contributed by atoms with van der Waals surface area (Å²) in [7, 11) is 2.24. The molecule has 2 aliphatic heterocycles. The maximum atomic E-state index is 3.45. The van der Waals surface area contributed by atoms with Crippen LogP contribution in [0, 0.1) is 5.41 Å². The smallest absolute Gasteiger partial charge is 0.0154 e. The van der Waals surface area contributed by atoms with Crippen LogP contribution in [0.4, 0.5) is 0 Å². The van der Waals surface area contributed by atoms with Gasteiger partial charge in [-0.3, -0.25) is 4.90 Å². The van der Waals surface area contributed by atoms with Crippen LogP contribution in [0.2, 0.25) is 0 Å². The summed E-state index contributed by atoms with van der Waals surface area (Å²) < 4.78 is 0. The Bertz CT molecular complexity index is 326. The summed E-state index contributed by atoms with van der Waals surface area (Å²) in [4.78, 5) is 7.79. The van der Waals surface area contributed by atoms with Crippen molar-refractivity contribution < 1.29 is 0 Å². The first-order chi connectivity index (χ1) is 10.3. The van der Waals surface area contributed by atoms with Crippen molar-refractivity contribution in [2.45, 2.75) is 46.1 Å². The number of rotatable bonds is 6. The van der Waals surface area contributed by atoms with Crippen LogP contribution in [-0.2, 0) is 0 Å². The Labute approximate surface area is 138 Å². The topological polar surface area (TPSA) is 21.8 Å². The van der Waals surface area contributed by atoms with Gasteiger partial charge in [-0.2, -0.15) is 0 Å². The quantitative estimate of drug-likeness (QED) is 0.806. The second-order valence-corrected chi connectivity index (χ2v) is 8.79. The highest BCUT2D eigenvalue weighted by Crippen LogP contribution is 2.31. The molecule has 2 fully saturated rings. The molecule has 130 valence electrons. The fraction of sp³-hybridized carbons (Fsp3) is 1.00. The highest BCUT2D eigenvalue weighted by atomic mass is 15.3. The van der Waals surface area contributed by atoms with E-state index in [0.717, 1.165) is 13.1 Å². The molecule has 2 heterocycles. The van der Waals surface area contributed by atoms with Crippen molar-refractivity contribution in [3.8, 4) is 0 Å². The van der Waals surface area contributed by atoms with Crippen molar-refractivity contribution in [3.63, 3.8) is 0 Å². The van der Waals surface area contributed by atoms with Crippen molar-refractivity contribution in [1.82, 2.24) is 20.0 Å². The Kier molecular flexibility index (Phi) is 6.29. The number of nitrogens with zero attached hydrogens (tertiary/aromatic N) is 3. The zero-order chi connectivity index (χ0) is 16.2. The van der Waals surface area contributed by atoms with Gasteiger partial charge in [0.1, 0.15) is 0 Å². The summed E-state index contributed by atoms with van der Waals surface area (Å²) in [5.74, 6) is 0. The molecule has 0 unspecified atom stereocenters. The summed E-state index contributed by atoms with van der Waals surface area (Å²) in [5.41, 5.74) is 0.753. The van der Waals surface area contributed by atoms with Crippen molar-refractivity contribution in [2.75, 3.05) is 66.0 Å². The number of hydrogen-bond acceptors (Lipinski definition) is 4. The lowest BCUT2D eigenvalue weighted by molar-refractivity contribution is 0.0440. The lowest BCUT2D eigenvalue weighted by atomic mass is 9.81. The van der Waals surface area contributed by atoms with E-state index in [2.05, 4.69) is 54.8 Å². The molecular weight excluding hydrogens is 272 g/mol. The molecule has 22 heavy (non-hydrogen) atoms. The predicted molar refractivity (Wildman–Crippen MR) is 95.5 cm³/mol. The van der Waals surface area contributed by atoms with Gasteiger partial charge in [-0.05, 0) is 39.2 Å². The molecule has 2 aliphatic rings. The molecule has 4 nitrogen and oxygen atoms in total. The van der Waals surface area contributed by atoms with Gasteiger partial charge >= 0.3 is 0 Å². The Morgan fingerprint density at radius 3 is 2.00 bits per heavy atom. The molecule has 1 N–H and O–H groups in total. The number of hydrogen-bond donors (Lipinski definition) is 1. The second kappa shape index (κ2) is 7.61. The molecule has 0 aromatic rings. The van der Waals surface area contributed by atoms with Crippen molar-refractivity contribution in [2.24, 2.45) is 5.41 Å². The van der Waals surface area contributed by atoms with Gasteiger partial charge in [-0.1, -0.05) is 13.8 Å². The van der Waals surface area contributed by atoms with Gasteiger partial charge in [0, 0.05) is 64.4 Å². The van der Waals surface area contributed by atoms with Gasteiger partial charge in [0.25, 0.3) is 0 Å². The van der Waals surface area contributed by atoms with E-state index < -0.39 is 0 Å². The standard InChI is InChI=1S/C18H38N4/c1-17(2,16-21-10-8-19-9-11-21)6-7-18(3,4)22-14-12-20(5)13-15-22/h19H,6-16H2,1-5H3. The van der Waals surface area contributed by atoms with Crippen LogP contribution in [0.3, 0.4) is 0 Å². The van der Waals surface area contributed by atoms with E-state index in [0.29, 0.717) is 11.0 Å². The molecule has 0 radical (unpaired) electrons. The van der Waals surface area contributed by atoms with Gasteiger partial charge in [-0.15, -0.1) is 0 Å². The monoisotopic (exact) mass is 310 g/mol. The third-order valence-corrected chi connectivity index (χ3v) is 5.63. The molecule has 0 aromatic heterocycles. The van der Waals surface area contributed by atoms with E-state index >= 15 is 0 Å². The Balaban J connectivity index is 1.78. The van der Waals surface area contributed by atoms with Crippen LogP contribution in [-0.4, -0.2) is 86.2 Å². The number of likely N-dealkylation sites (N-methyl/N-ethyl adjacent to an activating group) is 1. The summed E-state index contributed by atoms with van der Waals surface area (Å²) in [6.07, 6.45) is 2.62. The van der Waals surface area contributed by atoms with Gasteiger partial charge in [-0.25, -0.2) is 0 Å². The molecule has 2 rings (SSSR count). The number of piperazine rings is 2. The minimum Gasteiger partial charge on any atom is -0.314 e. The predicted octanol–water partition coefficient (Wildman–Crippen LogP) is 1.72. The molecular formula is C18H38N4. The van der Waals surface area contributed by atoms with E-state index in [1.807, 2.05) is 0 Å². The average Bonchev–Trinajstić information content (AvgIpc) is 2.47. The van der Waals surface area contributed by atoms with Crippen LogP contribution >= 0.6 is 0 Å². The molecule has 0 atom stereocenters. The Morgan fingerprint density at radius 1 is 0.818 bits per heavy atom. The third kappa shape index (κ3) is 5.48. The first kappa shape index (κ1) is 18.2. The molecule has 0 bridgehead atoms. The Hall–Kier alpha value is -0.160. The van der Waals surface area contributed by atoms with Gasteiger partial charge in [0.2, 0.25) is 0 Å². The van der Waals surface area contributed by atoms with Crippen molar-refractivity contribution in [3.05, 3.63) is 0 Å². The van der Waals surface area contributed by atoms with Crippen LogP contribution in [0.1, 0.15) is 40.5 Å². The summed E-state index contributed by atoms with van der Waals surface area (Å²) >= 11 is 0. The highest BCUT2D eigenvalue weighted by molar-refractivity contribution is 4.88. The van der Waals surface area contributed by atoms with Crippen LogP contribution in [0.25, 0.3) is 0 Å². The van der Waals surface area contributed by atoms with Crippen molar-refractivity contribution >= 4 is 0 Å². The van der Waals surface area contributed by atoms with Gasteiger partial charge in [0.05, 0.1) is 0 Å². The minimum atomic E-state index is 0.335. The van der Waals surface area contributed by atoms with Crippen LogP contribution in [0.5, 0.6) is 0 Å². The fourth-order valence-corrected chi connectivity index (χ4v) is 3.77. The van der Waals surface area contributed by atoms with E-state index in [-0.39, 0.29) is 0 Å². The highest BCUT2D eigenvalue weighted by Gasteiger charge is 2.32. The summed E-state index contributed by atoms with van der Waals surface area (Å²) in [6.45, 7) is 20.7. The van der Waals surface area contributed by atoms with Crippen LogP contribution < -0.4 is 5.32 Å². The molecule has 0 aliphatic carbocycles. The first-order valence-corrected chi connectivity index (χ1v) is 9.15. The minimum absolute atomic E-state index is 0.335. The van der Waals surface area contributed by atoms with E-state index in [4.69, 9.17) is 0 Å². The maximum absolute atomic E-state index is 3.45. The van der Waals surface area contributed by atoms with E-state index in [1.54, 1.807) is 0 Å². The molecule has 0 amide bonds. The first-order valence-electron chi connectivity index (χ1n) is 9.15. The lowest BCUT2D eigenvalue weighted by Gasteiger charge is -2.45. The average molecular weight is 311 g/mol.